The maximum absolute atomic E-state index is 11.2. The zero-order valence-electron chi connectivity index (χ0n) is 10.6. The first-order valence-corrected chi connectivity index (χ1v) is 10.0. The third-order valence-corrected chi connectivity index (χ3v) is 5.70. The summed E-state index contributed by atoms with van der Waals surface area (Å²) in [6, 6.07) is 0. The second kappa shape index (κ2) is 10.6. The lowest BCUT2D eigenvalue weighted by atomic mass is 10.1. The molecule has 17 heavy (non-hydrogen) atoms. The topological polar surface area (TPSA) is 34.1 Å². The normalized spacial score (nSPS) is 13.8. The summed E-state index contributed by atoms with van der Waals surface area (Å²) in [7, 11) is 2.01. The fraction of sp³-hybridized carbons (Fsp3) is 1.00. The van der Waals surface area contributed by atoms with E-state index in [0.717, 1.165) is 18.2 Å². The fourth-order valence-corrected chi connectivity index (χ4v) is 3.78. The van der Waals surface area contributed by atoms with Crippen LogP contribution in [0.3, 0.4) is 0 Å². The predicted octanol–water partition coefficient (Wildman–Crippen LogP) is 4.85. The van der Waals surface area contributed by atoms with E-state index >= 15 is 0 Å². The van der Waals surface area contributed by atoms with Gasteiger partial charge in [-0.1, -0.05) is 61.4 Å². The van der Waals surface area contributed by atoms with Gasteiger partial charge in [0.15, 0.2) is 0 Å². The third-order valence-electron chi connectivity index (χ3n) is 3.01. The van der Waals surface area contributed by atoms with E-state index in [9.17, 15) is 8.42 Å². The van der Waals surface area contributed by atoms with Crippen LogP contribution in [0.1, 0.15) is 64.7 Å². The Morgan fingerprint density at radius 3 is 1.88 bits per heavy atom. The van der Waals surface area contributed by atoms with Crippen LogP contribution in [0.2, 0.25) is 0 Å². The van der Waals surface area contributed by atoms with Crippen LogP contribution >= 0.6 is 26.6 Å². The Bertz CT molecular complexity index is 268. The fourth-order valence-electron chi connectivity index (χ4n) is 1.89. The Balaban J connectivity index is 3.44. The molecule has 0 N–H and O–H groups in total. The van der Waals surface area contributed by atoms with Gasteiger partial charge in [-0.3, -0.25) is 0 Å². The molecule has 1 atom stereocenters. The molecule has 0 aromatic carbocycles. The summed E-state index contributed by atoms with van der Waals surface area (Å²) in [5.74, 6) is 0. The van der Waals surface area contributed by atoms with E-state index in [0.29, 0.717) is 12.8 Å². The summed E-state index contributed by atoms with van der Waals surface area (Å²) in [6.45, 7) is 1.88. The number of rotatable bonds is 11. The van der Waals surface area contributed by atoms with Crippen LogP contribution in [0.25, 0.3) is 0 Å². The molecular weight excluding hydrogens is 324 g/mol. The molecule has 0 heterocycles. The van der Waals surface area contributed by atoms with Gasteiger partial charge in [-0.2, -0.15) is 0 Å². The van der Waals surface area contributed by atoms with E-state index in [-0.39, 0.29) is 5.25 Å². The Kier molecular flexibility index (Phi) is 11.1. The van der Waals surface area contributed by atoms with Gasteiger partial charge in [0.1, 0.15) is 0 Å². The lowest BCUT2D eigenvalue weighted by Gasteiger charge is -2.10. The van der Waals surface area contributed by atoms with Crippen molar-refractivity contribution in [2.45, 2.75) is 70.0 Å². The Hall–Kier alpha value is 0.720. The first kappa shape index (κ1) is 17.7. The average molecular weight is 348 g/mol. The molecule has 5 heteroatoms. The summed E-state index contributed by atoms with van der Waals surface area (Å²) in [4.78, 5) is 0. The van der Waals surface area contributed by atoms with E-state index < -0.39 is 9.05 Å². The molecule has 104 valence electrons. The highest BCUT2D eigenvalue weighted by Crippen LogP contribution is 2.19. The van der Waals surface area contributed by atoms with Crippen LogP contribution in [-0.2, 0) is 9.05 Å². The Labute approximate surface area is 119 Å². The lowest BCUT2D eigenvalue weighted by Crippen LogP contribution is -2.14. The molecule has 0 aliphatic heterocycles. The number of unbranched alkanes of at least 4 members (excludes halogenated alkanes) is 6. The van der Waals surface area contributed by atoms with Gasteiger partial charge in [-0.05, 0) is 19.3 Å². The van der Waals surface area contributed by atoms with E-state index in [4.69, 9.17) is 10.7 Å². The molecule has 0 radical (unpaired) electrons. The minimum atomic E-state index is -3.35. The number of hydrogen-bond donors (Lipinski definition) is 0. The van der Waals surface area contributed by atoms with Crippen molar-refractivity contribution in [3.63, 3.8) is 0 Å². The SMILES string of the molecule is CCC(CCCCCCCCCBr)S(=O)(=O)Cl. The molecule has 0 aliphatic carbocycles. The molecular formula is C12H24BrClO2S. The largest absolute Gasteiger partial charge is 0.235 e. The van der Waals surface area contributed by atoms with Crippen LogP contribution in [-0.4, -0.2) is 19.0 Å². The van der Waals surface area contributed by atoms with Crippen molar-refractivity contribution < 1.29 is 8.42 Å². The van der Waals surface area contributed by atoms with E-state index in [1.54, 1.807) is 0 Å². The van der Waals surface area contributed by atoms with E-state index in [2.05, 4.69) is 15.9 Å². The second-order valence-corrected chi connectivity index (χ2v) is 8.16. The summed E-state index contributed by atoms with van der Waals surface area (Å²) in [6.07, 6.45) is 9.73. The monoisotopic (exact) mass is 346 g/mol. The zero-order valence-corrected chi connectivity index (χ0v) is 13.8. The summed E-state index contributed by atoms with van der Waals surface area (Å²) >= 11 is 3.42. The average Bonchev–Trinajstić information content (AvgIpc) is 2.25. The Morgan fingerprint density at radius 2 is 1.47 bits per heavy atom. The van der Waals surface area contributed by atoms with Crippen molar-refractivity contribution in [2.75, 3.05) is 5.33 Å². The highest BCUT2D eigenvalue weighted by atomic mass is 79.9. The molecule has 1 unspecified atom stereocenters. The molecule has 0 aromatic heterocycles. The molecule has 0 bridgehead atoms. The van der Waals surface area contributed by atoms with Gasteiger partial charge in [0, 0.05) is 16.0 Å². The lowest BCUT2D eigenvalue weighted by molar-refractivity contribution is 0.545. The maximum Gasteiger partial charge on any atom is 0.235 e. The standard InChI is InChI=1S/C12H24BrClO2S/c1-2-12(17(14,15)16)10-8-6-4-3-5-7-9-11-13/h12H,2-11H2,1H3. The molecule has 0 aliphatic rings. The van der Waals surface area contributed by atoms with Crippen molar-refractivity contribution in [3.05, 3.63) is 0 Å². The van der Waals surface area contributed by atoms with Crippen molar-refractivity contribution in [3.8, 4) is 0 Å². The van der Waals surface area contributed by atoms with Crippen LogP contribution in [0.5, 0.6) is 0 Å². The van der Waals surface area contributed by atoms with Gasteiger partial charge in [-0.15, -0.1) is 0 Å². The van der Waals surface area contributed by atoms with Crippen LogP contribution in [0.4, 0.5) is 0 Å². The highest BCUT2D eigenvalue weighted by molar-refractivity contribution is 9.09. The summed E-state index contributed by atoms with van der Waals surface area (Å²) < 4.78 is 22.3. The predicted molar refractivity (Wildman–Crippen MR) is 79.6 cm³/mol. The number of alkyl halides is 1. The molecule has 0 saturated carbocycles. The van der Waals surface area contributed by atoms with Gasteiger partial charge in [0.25, 0.3) is 0 Å². The van der Waals surface area contributed by atoms with Gasteiger partial charge in [-0.25, -0.2) is 8.42 Å². The van der Waals surface area contributed by atoms with Gasteiger partial charge in [0.05, 0.1) is 5.25 Å². The van der Waals surface area contributed by atoms with Gasteiger partial charge < -0.3 is 0 Å². The minimum Gasteiger partial charge on any atom is -0.212 e. The first-order valence-electron chi connectivity index (χ1n) is 6.51. The third kappa shape index (κ3) is 10.3. The van der Waals surface area contributed by atoms with Gasteiger partial charge in [0.2, 0.25) is 9.05 Å². The second-order valence-electron chi connectivity index (χ2n) is 4.46. The van der Waals surface area contributed by atoms with Crippen LogP contribution in [0.15, 0.2) is 0 Å². The molecule has 0 saturated heterocycles. The smallest absolute Gasteiger partial charge is 0.212 e. The molecule has 0 aromatic rings. The molecule has 0 amide bonds. The van der Waals surface area contributed by atoms with Gasteiger partial charge >= 0.3 is 0 Å². The van der Waals surface area contributed by atoms with Crippen LogP contribution < -0.4 is 0 Å². The number of hydrogen-bond acceptors (Lipinski definition) is 2. The number of halogens is 2. The molecule has 0 rings (SSSR count). The van der Waals surface area contributed by atoms with E-state index in [1.165, 1.54) is 32.1 Å². The van der Waals surface area contributed by atoms with Crippen molar-refractivity contribution in [1.82, 2.24) is 0 Å². The quantitative estimate of drug-likeness (QED) is 0.304. The van der Waals surface area contributed by atoms with Crippen LogP contribution in [0, 0.1) is 0 Å². The summed E-state index contributed by atoms with van der Waals surface area (Å²) in [5, 5.41) is 0.747. The maximum atomic E-state index is 11.2. The van der Waals surface area contributed by atoms with Crippen molar-refractivity contribution in [1.29, 1.82) is 0 Å². The Morgan fingerprint density at radius 1 is 1.00 bits per heavy atom. The van der Waals surface area contributed by atoms with E-state index in [1.807, 2.05) is 6.92 Å². The highest BCUT2D eigenvalue weighted by Gasteiger charge is 2.19. The minimum absolute atomic E-state index is 0.349. The van der Waals surface area contributed by atoms with Crippen molar-refractivity contribution >= 4 is 35.7 Å². The molecule has 2 nitrogen and oxygen atoms in total. The molecule has 0 fully saturated rings. The summed E-state index contributed by atoms with van der Waals surface area (Å²) in [5.41, 5.74) is 0. The zero-order chi connectivity index (χ0) is 13.1. The van der Waals surface area contributed by atoms with Crippen molar-refractivity contribution in [2.24, 2.45) is 0 Å². The first-order chi connectivity index (χ1) is 8.02. The molecule has 0 spiro atoms.